The first-order valence-corrected chi connectivity index (χ1v) is 11.4. The summed E-state index contributed by atoms with van der Waals surface area (Å²) in [6, 6.07) is 13.0. The largest absolute Gasteiger partial charge is 0.494 e. The van der Waals surface area contributed by atoms with Gasteiger partial charge in [-0.1, -0.05) is 30.3 Å². The van der Waals surface area contributed by atoms with Crippen molar-refractivity contribution in [2.75, 3.05) is 20.8 Å². The van der Waals surface area contributed by atoms with E-state index in [-0.39, 0.29) is 36.1 Å². The van der Waals surface area contributed by atoms with E-state index in [1.807, 2.05) is 36.4 Å². The van der Waals surface area contributed by atoms with E-state index in [2.05, 4.69) is 20.7 Å². The first kappa shape index (κ1) is 25.1. The van der Waals surface area contributed by atoms with Gasteiger partial charge in [-0.05, 0) is 23.3 Å². The number of methoxy groups -OCH3 is 2. The number of hydrogen-bond donors (Lipinski definition) is 3. The van der Waals surface area contributed by atoms with Crippen LogP contribution in [0.4, 0.5) is 4.39 Å². The van der Waals surface area contributed by atoms with Crippen LogP contribution in [0.3, 0.4) is 0 Å². The van der Waals surface area contributed by atoms with E-state index in [1.165, 1.54) is 26.5 Å². The molecule has 1 aliphatic heterocycles. The number of hydrogen-bond acceptors (Lipinski definition) is 7. The molecule has 3 N–H and O–H groups in total. The lowest BCUT2D eigenvalue weighted by atomic mass is 10.0. The molecule has 1 aromatic carbocycles. The minimum Gasteiger partial charge on any atom is -0.494 e. The molecule has 1 atom stereocenters. The molecule has 0 radical (unpaired) electrons. The van der Waals surface area contributed by atoms with Crippen molar-refractivity contribution >= 4 is 5.91 Å². The number of halogens is 1. The minimum absolute atomic E-state index is 0.0625. The van der Waals surface area contributed by atoms with E-state index in [0.717, 1.165) is 11.1 Å². The zero-order valence-electron chi connectivity index (χ0n) is 20.1. The number of hydrazine groups is 1. The van der Waals surface area contributed by atoms with Gasteiger partial charge < -0.3 is 24.8 Å². The summed E-state index contributed by atoms with van der Waals surface area (Å²) in [4.78, 5) is 31.7. The van der Waals surface area contributed by atoms with Gasteiger partial charge in [0.1, 0.15) is 0 Å². The predicted octanol–water partition coefficient (Wildman–Crippen LogP) is 2.04. The zero-order valence-corrected chi connectivity index (χ0v) is 20.1. The number of carbonyl (C=O) groups excluding carboxylic acids is 1. The average molecular weight is 494 g/mol. The molecule has 1 unspecified atom stereocenters. The van der Waals surface area contributed by atoms with Gasteiger partial charge in [-0.15, -0.1) is 0 Å². The number of nitrogens with zero attached hydrogens (tertiary/aromatic N) is 2. The highest BCUT2D eigenvalue weighted by molar-refractivity contribution is 5.89. The van der Waals surface area contributed by atoms with Gasteiger partial charge in [0.15, 0.2) is 17.1 Å². The van der Waals surface area contributed by atoms with Crippen molar-refractivity contribution in [1.82, 2.24) is 25.7 Å². The van der Waals surface area contributed by atoms with Crippen LogP contribution in [-0.2, 0) is 29.0 Å². The van der Waals surface area contributed by atoms with Crippen LogP contribution in [-0.4, -0.2) is 47.2 Å². The maximum Gasteiger partial charge on any atom is 0.251 e. The average Bonchev–Trinajstić information content (AvgIpc) is 3.29. The van der Waals surface area contributed by atoms with Gasteiger partial charge in [0.2, 0.25) is 5.91 Å². The molecule has 3 aromatic rings. The Bertz CT molecular complexity index is 1290. The van der Waals surface area contributed by atoms with Gasteiger partial charge in [0.05, 0.1) is 32.5 Å². The Morgan fingerprint density at radius 3 is 2.67 bits per heavy atom. The second-order valence-electron chi connectivity index (χ2n) is 8.43. The summed E-state index contributed by atoms with van der Waals surface area (Å²) < 4.78 is 24.7. The van der Waals surface area contributed by atoms with Crippen molar-refractivity contribution in [2.45, 2.75) is 25.0 Å². The summed E-state index contributed by atoms with van der Waals surface area (Å²) in [5, 5.41) is 4.52. The lowest BCUT2D eigenvalue weighted by Crippen LogP contribution is -2.59. The molecule has 0 saturated carbocycles. The molecule has 10 heteroatoms. The molecule has 9 nitrogen and oxygen atoms in total. The monoisotopic (exact) mass is 493 g/mol. The number of ether oxygens (including phenoxy) is 2. The molecule has 1 aliphatic rings. The number of benzene rings is 1. The highest BCUT2D eigenvalue weighted by Crippen LogP contribution is 2.21. The third-order valence-electron chi connectivity index (χ3n) is 5.89. The Kier molecular flexibility index (Phi) is 7.77. The van der Waals surface area contributed by atoms with E-state index in [1.54, 1.807) is 23.5 Å². The number of H-pyrrole nitrogens is 1. The summed E-state index contributed by atoms with van der Waals surface area (Å²) in [5.74, 6) is -0.930. The van der Waals surface area contributed by atoms with Crippen molar-refractivity contribution in [3.05, 3.63) is 106 Å². The van der Waals surface area contributed by atoms with E-state index >= 15 is 0 Å². The SMILES string of the molecule is COCC1(C(=O)NCc2nccc(OC)c2F)C=CN(Cc2ccc(Cc3ccc[nH]c3=O)cc2)N1. The number of amides is 1. The Morgan fingerprint density at radius 1 is 1.17 bits per heavy atom. The lowest BCUT2D eigenvalue weighted by Gasteiger charge is -2.29. The highest BCUT2D eigenvalue weighted by atomic mass is 19.1. The van der Waals surface area contributed by atoms with Gasteiger partial charge in [-0.3, -0.25) is 14.6 Å². The van der Waals surface area contributed by atoms with E-state index < -0.39 is 11.4 Å². The first-order valence-electron chi connectivity index (χ1n) is 11.4. The zero-order chi connectivity index (χ0) is 25.5. The number of nitrogens with one attached hydrogen (secondary N) is 3. The third-order valence-corrected chi connectivity index (χ3v) is 5.89. The quantitative estimate of drug-likeness (QED) is 0.397. The smallest absolute Gasteiger partial charge is 0.251 e. The normalized spacial score (nSPS) is 16.8. The highest BCUT2D eigenvalue weighted by Gasteiger charge is 2.41. The van der Waals surface area contributed by atoms with Crippen LogP contribution in [0, 0.1) is 5.82 Å². The topological polar surface area (TPSA) is 109 Å². The molecule has 1 amide bonds. The molecule has 0 bridgehead atoms. The van der Waals surface area contributed by atoms with Crippen molar-refractivity contribution in [1.29, 1.82) is 0 Å². The Labute approximate surface area is 207 Å². The first-order chi connectivity index (χ1) is 17.4. The van der Waals surface area contributed by atoms with Crippen LogP contribution in [0.15, 0.2) is 71.9 Å². The van der Waals surface area contributed by atoms with Crippen LogP contribution in [0.1, 0.15) is 22.4 Å². The molecule has 2 aromatic heterocycles. The molecular formula is C26H28FN5O4. The summed E-state index contributed by atoms with van der Waals surface area (Å²) >= 11 is 0. The van der Waals surface area contributed by atoms with Gasteiger partial charge in [0.25, 0.3) is 5.56 Å². The number of rotatable bonds is 10. The molecule has 0 aliphatic carbocycles. The van der Waals surface area contributed by atoms with Crippen molar-refractivity contribution in [2.24, 2.45) is 0 Å². The second kappa shape index (κ2) is 11.1. The predicted molar refractivity (Wildman–Crippen MR) is 131 cm³/mol. The molecule has 0 fully saturated rings. The summed E-state index contributed by atoms with van der Waals surface area (Å²) in [6.45, 7) is 0.465. The number of aromatic amines is 1. The molecule has 0 spiro atoms. The van der Waals surface area contributed by atoms with Gasteiger partial charge in [-0.2, -0.15) is 0 Å². The Morgan fingerprint density at radius 2 is 1.94 bits per heavy atom. The Hall–Kier alpha value is -4.02. The number of carbonyl (C=O) groups is 1. The minimum atomic E-state index is -1.15. The van der Waals surface area contributed by atoms with Crippen molar-refractivity contribution < 1.29 is 18.7 Å². The molecule has 36 heavy (non-hydrogen) atoms. The summed E-state index contributed by atoms with van der Waals surface area (Å²) in [5.41, 5.74) is 4.75. The van der Waals surface area contributed by atoms with E-state index in [0.29, 0.717) is 18.5 Å². The molecule has 0 saturated heterocycles. The fraction of sp³-hybridized carbons (Fsp3) is 0.269. The fourth-order valence-corrected chi connectivity index (χ4v) is 3.98. The summed E-state index contributed by atoms with van der Waals surface area (Å²) in [6.07, 6.45) is 7.08. The van der Waals surface area contributed by atoms with Gasteiger partial charge >= 0.3 is 0 Å². The van der Waals surface area contributed by atoms with E-state index in [9.17, 15) is 14.0 Å². The van der Waals surface area contributed by atoms with Crippen LogP contribution in [0.5, 0.6) is 5.75 Å². The van der Waals surface area contributed by atoms with Crippen molar-refractivity contribution in [3.8, 4) is 5.75 Å². The van der Waals surface area contributed by atoms with Crippen molar-refractivity contribution in [3.63, 3.8) is 0 Å². The number of pyridine rings is 2. The lowest BCUT2D eigenvalue weighted by molar-refractivity contribution is -0.129. The maximum atomic E-state index is 14.4. The third kappa shape index (κ3) is 5.61. The molecule has 3 heterocycles. The van der Waals surface area contributed by atoms with E-state index in [4.69, 9.17) is 9.47 Å². The van der Waals surface area contributed by atoms with Crippen LogP contribution >= 0.6 is 0 Å². The van der Waals surface area contributed by atoms with Crippen LogP contribution < -0.4 is 21.0 Å². The number of aromatic nitrogens is 2. The fourth-order valence-electron chi connectivity index (χ4n) is 3.98. The molecular weight excluding hydrogens is 465 g/mol. The molecule has 188 valence electrons. The second-order valence-corrected chi connectivity index (χ2v) is 8.43. The van der Waals surface area contributed by atoms with Crippen LogP contribution in [0.25, 0.3) is 0 Å². The van der Waals surface area contributed by atoms with Crippen LogP contribution in [0.2, 0.25) is 0 Å². The standard InChI is InChI=1S/C26H28FN5O4/c1-35-17-26(25(34)30-15-21-23(27)22(36-2)9-12-28-21)10-13-32(31-26)16-19-7-5-18(6-8-19)14-20-4-3-11-29-24(20)33/h3-13,31H,14-17H2,1-2H3,(H,29,33)(H,30,34). The van der Waals surface area contributed by atoms with Gasteiger partial charge in [0, 0.05) is 43.8 Å². The van der Waals surface area contributed by atoms with Gasteiger partial charge in [-0.25, -0.2) is 9.82 Å². The summed E-state index contributed by atoms with van der Waals surface area (Å²) in [7, 11) is 2.88. The Balaban J connectivity index is 1.37. The maximum absolute atomic E-state index is 14.4. The molecule has 4 rings (SSSR count).